The molecule has 29 heavy (non-hydrogen) atoms. The molecule has 0 spiro atoms. The van der Waals surface area contributed by atoms with Crippen LogP contribution in [0.5, 0.6) is 5.75 Å². The number of anilines is 2. The second-order valence-electron chi connectivity index (χ2n) is 6.79. The average Bonchev–Trinajstić information content (AvgIpc) is 2.74. The van der Waals surface area contributed by atoms with Crippen LogP contribution in [0.2, 0.25) is 0 Å². The predicted octanol–water partition coefficient (Wildman–Crippen LogP) is 3.39. The quantitative estimate of drug-likeness (QED) is 0.536. The van der Waals surface area contributed by atoms with Gasteiger partial charge in [-0.15, -0.1) is 0 Å². The van der Waals surface area contributed by atoms with Gasteiger partial charge in [0.05, 0.1) is 27.8 Å². The zero-order valence-electron chi connectivity index (χ0n) is 15.5. The molecule has 0 aliphatic carbocycles. The van der Waals surface area contributed by atoms with Crippen LogP contribution in [0.25, 0.3) is 22.1 Å². The fourth-order valence-electron chi connectivity index (χ4n) is 3.32. The van der Waals surface area contributed by atoms with E-state index in [2.05, 4.69) is 15.3 Å². The number of ether oxygens (including phenoxy) is 1. The molecule has 7 heteroatoms. The van der Waals surface area contributed by atoms with Crippen LogP contribution < -0.4 is 15.0 Å². The number of nitrogens with one attached hydrogen (secondary N) is 1. The molecule has 142 valence electrons. The van der Waals surface area contributed by atoms with Gasteiger partial charge in [0.1, 0.15) is 5.75 Å². The molecule has 1 aromatic heterocycles. The molecule has 1 N–H and O–H groups in total. The Morgan fingerprint density at radius 2 is 1.69 bits per heavy atom. The molecular weight excluding hydrogens is 368 g/mol. The zero-order chi connectivity index (χ0) is 20.0. The SMILES string of the molecule is CN1C(=O)COc2cc(NC(=O)c3ccc4nc5ccccc5nc4c3)ccc21. The first kappa shape index (κ1) is 17.1. The van der Waals surface area contributed by atoms with Gasteiger partial charge >= 0.3 is 0 Å². The highest BCUT2D eigenvalue weighted by Crippen LogP contribution is 2.33. The lowest BCUT2D eigenvalue weighted by atomic mass is 10.1. The smallest absolute Gasteiger partial charge is 0.264 e. The molecule has 0 saturated heterocycles. The second-order valence-corrected chi connectivity index (χ2v) is 6.79. The van der Waals surface area contributed by atoms with Crippen molar-refractivity contribution < 1.29 is 14.3 Å². The van der Waals surface area contributed by atoms with Crippen molar-refractivity contribution in [2.24, 2.45) is 0 Å². The molecule has 2 amide bonds. The van der Waals surface area contributed by atoms with Crippen LogP contribution in [0, 0.1) is 0 Å². The molecule has 0 atom stereocenters. The molecule has 0 radical (unpaired) electrons. The fraction of sp³-hybridized carbons (Fsp3) is 0.0909. The number of amides is 2. The predicted molar refractivity (Wildman–Crippen MR) is 110 cm³/mol. The summed E-state index contributed by atoms with van der Waals surface area (Å²) in [6.45, 7) is -0.0157. The van der Waals surface area contributed by atoms with Gasteiger partial charge in [0.25, 0.3) is 11.8 Å². The van der Waals surface area contributed by atoms with E-state index in [-0.39, 0.29) is 18.4 Å². The van der Waals surface area contributed by atoms with Gasteiger partial charge in [-0.05, 0) is 42.5 Å². The minimum Gasteiger partial charge on any atom is -0.481 e. The average molecular weight is 384 g/mol. The number of hydrogen-bond acceptors (Lipinski definition) is 5. The van der Waals surface area contributed by atoms with Crippen LogP contribution in [0.4, 0.5) is 11.4 Å². The first-order valence-electron chi connectivity index (χ1n) is 9.10. The maximum absolute atomic E-state index is 12.7. The number of fused-ring (bicyclic) bond motifs is 3. The van der Waals surface area contributed by atoms with E-state index in [4.69, 9.17) is 4.74 Å². The minimum atomic E-state index is -0.262. The Morgan fingerprint density at radius 3 is 2.48 bits per heavy atom. The van der Waals surface area contributed by atoms with Crippen LogP contribution in [0.1, 0.15) is 10.4 Å². The number of carbonyl (C=O) groups excluding carboxylic acids is 2. The second kappa shape index (κ2) is 6.56. The molecule has 2 heterocycles. The van der Waals surface area contributed by atoms with Gasteiger partial charge in [-0.3, -0.25) is 9.59 Å². The summed E-state index contributed by atoms with van der Waals surface area (Å²) < 4.78 is 5.47. The molecule has 5 rings (SSSR count). The molecule has 0 saturated carbocycles. The topological polar surface area (TPSA) is 84.4 Å². The zero-order valence-corrected chi connectivity index (χ0v) is 15.5. The van der Waals surface area contributed by atoms with Crippen molar-refractivity contribution in [2.45, 2.75) is 0 Å². The Hall–Kier alpha value is -4.00. The van der Waals surface area contributed by atoms with Gasteiger partial charge in [-0.25, -0.2) is 9.97 Å². The summed E-state index contributed by atoms with van der Waals surface area (Å²) in [5.74, 6) is 0.182. The van der Waals surface area contributed by atoms with Crippen molar-refractivity contribution in [3.63, 3.8) is 0 Å². The molecule has 7 nitrogen and oxygen atoms in total. The summed E-state index contributed by atoms with van der Waals surface area (Å²) in [5.41, 5.74) is 4.72. The molecule has 0 fully saturated rings. The Labute approximate surface area is 165 Å². The van der Waals surface area contributed by atoms with E-state index in [0.29, 0.717) is 28.2 Å². The minimum absolute atomic E-state index is 0.0157. The standard InChI is InChI=1S/C22H16N4O3/c1-26-19-9-7-14(11-20(19)29-12-21(26)27)23-22(28)13-6-8-17-18(10-13)25-16-5-3-2-4-15(16)24-17/h2-11H,12H2,1H3,(H,23,28). The lowest BCUT2D eigenvalue weighted by Crippen LogP contribution is -2.35. The molecule has 1 aliphatic rings. The van der Waals surface area contributed by atoms with E-state index in [1.165, 1.54) is 4.90 Å². The summed E-state index contributed by atoms with van der Waals surface area (Å²) in [6.07, 6.45) is 0. The van der Waals surface area contributed by atoms with Crippen LogP contribution in [-0.4, -0.2) is 35.4 Å². The maximum Gasteiger partial charge on any atom is 0.264 e. The van der Waals surface area contributed by atoms with Crippen molar-refractivity contribution in [3.05, 3.63) is 66.2 Å². The highest BCUT2D eigenvalue weighted by molar-refractivity contribution is 6.06. The van der Waals surface area contributed by atoms with E-state index in [0.717, 1.165) is 16.6 Å². The van der Waals surface area contributed by atoms with Gasteiger partial charge in [-0.2, -0.15) is 0 Å². The van der Waals surface area contributed by atoms with E-state index in [1.54, 1.807) is 43.4 Å². The van der Waals surface area contributed by atoms with E-state index < -0.39 is 0 Å². The van der Waals surface area contributed by atoms with Crippen LogP contribution in [0.15, 0.2) is 60.7 Å². The van der Waals surface area contributed by atoms with Crippen molar-refractivity contribution in [2.75, 3.05) is 23.9 Å². The van der Waals surface area contributed by atoms with Crippen molar-refractivity contribution >= 4 is 45.3 Å². The summed E-state index contributed by atoms with van der Waals surface area (Å²) >= 11 is 0. The van der Waals surface area contributed by atoms with Crippen LogP contribution in [0.3, 0.4) is 0 Å². The summed E-state index contributed by atoms with van der Waals surface area (Å²) in [6, 6.07) is 18.1. The summed E-state index contributed by atoms with van der Waals surface area (Å²) in [7, 11) is 1.70. The van der Waals surface area contributed by atoms with E-state index >= 15 is 0 Å². The number of likely N-dealkylation sites (N-methyl/N-ethyl adjacent to an activating group) is 1. The summed E-state index contributed by atoms with van der Waals surface area (Å²) in [5, 5.41) is 2.87. The van der Waals surface area contributed by atoms with Gasteiger partial charge in [-0.1, -0.05) is 12.1 Å². The Bertz CT molecular complexity index is 1300. The van der Waals surface area contributed by atoms with Gasteiger partial charge in [0.15, 0.2) is 6.61 Å². The Morgan fingerprint density at radius 1 is 0.966 bits per heavy atom. The number of benzene rings is 3. The lowest BCUT2D eigenvalue weighted by molar-refractivity contribution is -0.120. The normalized spacial score (nSPS) is 13.3. The Balaban J connectivity index is 1.44. The molecule has 1 aliphatic heterocycles. The van der Waals surface area contributed by atoms with Crippen LogP contribution >= 0.6 is 0 Å². The molecule has 4 aromatic rings. The number of nitrogens with zero attached hydrogens (tertiary/aromatic N) is 3. The first-order chi connectivity index (χ1) is 14.1. The highest BCUT2D eigenvalue weighted by Gasteiger charge is 2.22. The lowest BCUT2D eigenvalue weighted by Gasteiger charge is -2.26. The van der Waals surface area contributed by atoms with Gasteiger partial charge < -0.3 is 15.0 Å². The van der Waals surface area contributed by atoms with Crippen LogP contribution in [-0.2, 0) is 4.79 Å². The largest absolute Gasteiger partial charge is 0.481 e. The van der Waals surface area contributed by atoms with Crippen molar-refractivity contribution in [3.8, 4) is 5.75 Å². The van der Waals surface area contributed by atoms with Crippen molar-refractivity contribution in [1.82, 2.24) is 9.97 Å². The number of hydrogen-bond donors (Lipinski definition) is 1. The first-order valence-corrected chi connectivity index (χ1v) is 9.10. The number of carbonyl (C=O) groups is 2. The summed E-state index contributed by atoms with van der Waals surface area (Å²) in [4.78, 5) is 35.2. The molecule has 0 unspecified atom stereocenters. The number of aromatic nitrogens is 2. The number of rotatable bonds is 2. The monoisotopic (exact) mass is 384 g/mol. The fourth-order valence-corrected chi connectivity index (χ4v) is 3.32. The van der Waals surface area contributed by atoms with E-state index in [9.17, 15) is 9.59 Å². The third kappa shape index (κ3) is 3.02. The number of para-hydroxylation sites is 2. The third-order valence-corrected chi connectivity index (χ3v) is 4.91. The van der Waals surface area contributed by atoms with Gasteiger partial charge in [0, 0.05) is 24.4 Å². The molecule has 3 aromatic carbocycles. The highest BCUT2D eigenvalue weighted by atomic mass is 16.5. The van der Waals surface area contributed by atoms with Gasteiger partial charge in [0.2, 0.25) is 0 Å². The molecular formula is C22H16N4O3. The van der Waals surface area contributed by atoms with E-state index in [1.807, 2.05) is 24.3 Å². The third-order valence-electron chi connectivity index (χ3n) is 4.91. The maximum atomic E-state index is 12.7. The molecule has 0 bridgehead atoms. The van der Waals surface area contributed by atoms with Crippen molar-refractivity contribution in [1.29, 1.82) is 0 Å². The Kier molecular flexibility index (Phi) is 3.87.